The maximum absolute atomic E-state index is 12.0. The number of hydrogen-bond donors (Lipinski definition) is 2. The lowest BCUT2D eigenvalue weighted by Crippen LogP contribution is -2.32. The lowest BCUT2D eigenvalue weighted by atomic mass is 10.2. The molecule has 2 N–H and O–H groups in total. The van der Waals surface area contributed by atoms with E-state index in [9.17, 15) is 9.59 Å². The van der Waals surface area contributed by atoms with E-state index >= 15 is 0 Å². The Hall–Kier alpha value is -2.64. The van der Waals surface area contributed by atoms with Crippen molar-refractivity contribution in [1.82, 2.24) is 5.43 Å². The Kier molecular flexibility index (Phi) is 7.57. The van der Waals surface area contributed by atoms with Gasteiger partial charge in [0.15, 0.2) is 0 Å². The number of nitrogens with zero attached hydrogens (tertiary/aromatic N) is 1. The van der Waals surface area contributed by atoms with E-state index in [1.54, 1.807) is 43.3 Å². The molecule has 0 aromatic heterocycles. The van der Waals surface area contributed by atoms with E-state index in [1.807, 2.05) is 6.07 Å². The average Bonchev–Trinajstić information content (AvgIpc) is 2.64. The van der Waals surface area contributed by atoms with Crippen molar-refractivity contribution in [2.24, 2.45) is 5.10 Å². The van der Waals surface area contributed by atoms with Crippen LogP contribution in [0.25, 0.3) is 0 Å². The second-order valence-corrected chi connectivity index (χ2v) is 6.67. The summed E-state index contributed by atoms with van der Waals surface area (Å²) in [6.45, 7) is 5.67. The minimum Gasteiger partial charge on any atom is -0.489 e. The number of rotatable bonds is 6. The molecule has 0 aliphatic carbocycles. The number of hydrazone groups is 1. The van der Waals surface area contributed by atoms with Crippen LogP contribution in [-0.2, 0) is 9.59 Å². The average molecular weight is 451 g/mol. The smallest absolute Gasteiger partial charge is 0.329 e. The van der Waals surface area contributed by atoms with Gasteiger partial charge in [-0.05, 0) is 42.8 Å². The maximum atomic E-state index is 12.0. The number of carbonyl (C=O) groups excluding carboxylic acids is 2. The number of ether oxygens (including phenoxy) is 1. The minimum atomic E-state index is -0.908. The molecule has 2 amide bonds. The fraction of sp³-hybridized carbons (Fsp3) is 0.105. The van der Waals surface area contributed by atoms with Crippen LogP contribution >= 0.6 is 27.5 Å². The van der Waals surface area contributed by atoms with Crippen LogP contribution < -0.4 is 15.5 Å². The van der Waals surface area contributed by atoms with Gasteiger partial charge in [0.1, 0.15) is 12.4 Å². The zero-order chi connectivity index (χ0) is 19.8. The summed E-state index contributed by atoms with van der Waals surface area (Å²) in [6.07, 6.45) is 3.01. The van der Waals surface area contributed by atoms with Crippen LogP contribution in [0.2, 0.25) is 5.02 Å². The molecule has 0 aliphatic heterocycles. The van der Waals surface area contributed by atoms with Gasteiger partial charge in [-0.25, -0.2) is 5.43 Å². The van der Waals surface area contributed by atoms with Gasteiger partial charge >= 0.3 is 11.8 Å². The van der Waals surface area contributed by atoms with E-state index in [1.165, 1.54) is 6.21 Å². The van der Waals surface area contributed by atoms with Crippen LogP contribution in [0.5, 0.6) is 5.75 Å². The van der Waals surface area contributed by atoms with Crippen LogP contribution in [0.1, 0.15) is 11.1 Å². The zero-order valence-corrected chi connectivity index (χ0v) is 16.8. The SMILES string of the molecule is C=CCOc1ccc(Br)cc1/C=N/NC(=O)C(=O)Nc1cccc(Cl)c1C. The summed E-state index contributed by atoms with van der Waals surface area (Å²) in [5.74, 6) is -1.20. The molecule has 0 bridgehead atoms. The van der Waals surface area contributed by atoms with E-state index in [0.29, 0.717) is 34.2 Å². The summed E-state index contributed by atoms with van der Waals surface area (Å²) in [4.78, 5) is 23.9. The van der Waals surface area contributed by atoms with Crippen molar-refractivity contribution >= 4 is 51.2 Å². The van der Waals surface area contributed by atoms with Crippen molar-refractivity contribution in [3.8, 4) is 5.75 Å². The van der Waals surface area contributed by atoms with Crippen molar-refractivity contribution in [3.63, 3.8) is 0 Å². The molecule has 140 valence electrons. The summed E-state index contributed by atoms with van der Waals surface area (Å²) in [6, 6.07) is 10.4. The third-order valence-electron chi connectivity index (χ3n) is 3.42. The molecule has 2 rings (SSSR count). The van der Waals surface area contributed by atoms with E-state index in [4.69, 9.17) is 16.3 Å². The molecule has 0 unspecified atom stereocenters. The fourth-order valence-electron chi connectivity index (χ4n) is 2.03. The van der Waals surface area contributed by atoms with Crippen LogP contribution in [0.3, 0.4) is 0 Å². The van der Waals surface area contributed by atoms with Crippen LogP contribution in [-0.4, -0.2) is 24.6 Å². The molecule has 0 heterocycles. The van der Waals surface area contributed by atoms with Crippen molar-refractivity contribution in [2.75, 3.05) is 11.9 Å². The molecule has 0 fully saturated rings. The Bertz CT molecular complexity index is 900. The topological polar surface area (TPSA) is 79.8 Å². The van der Waals surface area contributed by atoms with Gasteiger partial charge in [-0.3, -0.25) is 9.59 Å². The highest BCUT2D eigenvalue weighted by Crippen LogP contribution is 2.23. The Morgan fingerprint density at radius 3 is 2.81 bits per heavy atom. The zero-order valence-electron chi connectivity index (χ0n) is 14.5. The van der Waals surface area contributed by atoms with E-state index in [0.717, 1.165) is 4.47 Å². The number of amides is 2. The molecule has 0 saturated heterocycles. The van der Waals surface area contributed by atoms with Gasteiger partial charge < -0.3 is 10.1 Å². The predicted octanol–water partition coefficient (Wildman–Crippen LogP) is 4.06. The number of hydrogen-bond acceptors (Lipinski definition) is 4. The van der Waals surface area contributed by atoms with Gasteiger partial charge in [-0.15, -0.1) is 0 Å². The van der Waals surface area contributed by atoms with Crippen molar-refractivity contribution in [1.29, 1.82) is 0 Å². The van der Waals surface area contributed by atoms with E-state index in [2.05, 4.69) is 38.4 Å². The third kappa shape index (κ3) is 5.94. The Balaban J connectivity index is 2.02. The number of benzene rings is 2. The third-order valence-corrected chi connectivity index (χ3v) is 4.32. The summed E-state index contributed by atoms with van der Waals surface area (Å²) in [5, 5.41) is 6.80. The molecule has 2 aromatic carbocycles. The largest absolute Gasteiger partial charge is 0.489 e. The van der Waals surface area contributed by atoms with Crippen LogP contribution in [0.4, 0.5) is 5.69 Å². The highest BCUT2D eigenvalue weighted by molar-refractivity contribution is 9.10. The summed E-state index contributed by atoms with van der Waals surface area (Å²) >= 11 is 9.35. The number of nitrogens with one attached hydrogen (secondary N) is 2. The first-order chi connectivity index (χ1) is 12.9. The van der Waals surface area contributed by atoms with Gasteiger partial charge in [0, 0.05) is 20.7 Å². The molecule has 6 nitrogen and oxygen atoms in total. The lowest BCUT2D eigenvalue weighted by Gasteiger charge is -2.09. The molecule has 0 atom stereocenters. The normalized spacial score (nSPS) is 10.5. The standard InChI is InChI=1S/C19H17BrClN3O3/c1-3-9-27-17-8-7-14(20)10-13(17)11-22-24-19(26)18(25)23-16-6-4-5-15(21)12(16)2/h3-8,10-11H,1,9H2,2H3,(H,23,25)(H,24,26)/b22-11+. The predicted molar refractivity (Wildman–Crippen MR) is 110 cm³/mol. The van der Waals surface area contributed by atoms with Crippen molar-refractivity contribution < 1.29 is 14.3 Å². The van der Waals surface area contributed by atoms with Crippen LogP contribution in [0, 0.1) is 6.92 Å². The molecular formula is C19H17BrClN3O3. The van der Waals surface area contributed by atoms with Gasteiger partial charge in [-0.2, -0.15) is 5.10 Å². The van der Waals surface area contributed by atoms with Crippen molar-refractivity contribution in [2.45, 2.75) is 6.92 Å². The molecule has 8 heteroatoms. The molecule has 0 saturated carbocycles. The number of anilines is 1. The first-order valence-corrected chi connectivity index (χ1v) is 9.02. The first kappa shape index (κ1) is 20.7. The Labute approximate surface area is 170 Å². The summed E-state index contributed by atoms with van der Waals surface area (Å²) < 4.78 is 6.33. The molecule has 0 spiro atoms. The molecule has 0 aliphatic rings. The number of carbonyl (C=O) groups is 2. The fourth-order valence-corrected chi connectivity index (χ4v) is 2.59. The van der Waals surface area contributed by atoms with Crippen molar-refractivity contribution in [3.05, 3.63) is 69.7 Å². The second-order valence-electron chi connectivity index (χ2n) is 5.35. The highest BCUT2D eigenvalue weighted by Gasteiger charge is 2.14. The molecule has 2 aromatic rings. The second kappa shape index (κ2) is 9.89. The summed E-state index contributed by atoms with van der Waals surface area (Å²) in [7, 11) is 0. The minimum absolute atomic E-state index is 0.330. The Morgan fingerprint density at radius 1 is 1.30 bits per heavy atom. The summed E-state index contributed by atoms with van der Waals surface area (Å²) in [5.41, 5.74) is 3.93. The van der Waals surface area contributed by atoms with Gasteiger partial charge in [-0.1, -0.05) is 46.3 Å². The molecule has 0 radical (unpaired) electrons. The number of halogens is 2. The van der Waals surface area contributed by atoms with E-state index in [-0.39, 0.29) is 0 Å². The lowest BCUT2D eigenvalue weighted by molar-refractivity contribution is -0.136. The maximum Gasteiger partial charge on any atom is 0.329 e. The van der Waals surface area contributed by atoms with Crippen LogP contribution in [0.15, 0.2) is 58.6 Å². The monoisotopic (exact) mass is 449 g/mol. The van der Waals surface area contributed by atoms with Gasteiger partial charge in [0.2, 0.25) is 0 Å². The molecular weight excluding hydrogens is 434 g/mol. The quantitative estimate of drug-likeness (QED) is 0.301. The Morgan fingerprint density at radius 2 is 2.07 bits per heavy atom. The van der Waals surface area contributed by atoms with E-state index < -0.39 is 11.8 Å². The highest BCUT2D eigenvalue weighted by atomic mass is 79.9. The first-order valence-electron chi connectivity index (χ1n) is 7.85. The van der Waals surface area contributed by atoms with Gasteiger partial charge in [0.05, 0.1) is 6.21 Å². The van der Waals surface area contributed by atoms with Gasteiger partial charge in [0.25, 0.3) is 0 Å². The molecule has 27 heavy (non-hydrogen) atoms.